The highest BCUT2D eigenvalue weighted by Crippen LogP contribution is 2.34. The van der Waals surface area contributed by atoms with Crippen LogP contribution in [0.3, 0.4) is 0 Å². The average Bonchev–Trinajstić information content (AvgIpc) is 3.03. The van der Waals surface area contributed by atoms with Crippen LogP contribution in [0.2, 0.25) is 0 Å². The quantitative estimate of drug-likeness (QED) is 0.695. The van der Waals surface area contributed by atoms with Crippen LogP contribution >= 0.6 is 0 Å². The number of carboxylic acids is 1. The van der Waals surface area contributed by atoms with Crippen molar-refractivity contribution in [1.82, 2.24) is 19.6 Å². The van der Waals surface area contributed by atoms with Gasteiger partial charge in [0.15, 0.2) is 5.82 Å². The van der Waals surface area contributed by atoms with Gasteiger partial charge in [0, 0.05) is 22.7 Å². The van der Waals surface area contributed by atoms with Crippen LogP contribution in [0.25, 0.3) is 17.0 Å². The second-order valence-corrected chi connectivity index (χ2v) is 7.34. The molecule has 0 aliphatic heterocycles. The maximum atomic E-state index is 12.1. The molecule has 0 amide bonds. The maximum absolute atomic E-state index is 12.1. The van der Waals surface area contributed by atoms with Gasteiger partial charge in [-0.25, -0.2) is 4.98 Å². The molecule has 3 rings (SSSR count). The average molecular weight is 366 g/mol. The Morgan fingerprint density at radius 3 is 2.37 bits per heavy atom. The lowest BCUT2D eigenvalue weighted by Crippen LogP contribution is -2.17. The first-order chi connectivity index (χ1) is 12.8. The lowest BCUT2D eigenvalue weighted by Gasteiger charge is -2.19. The van der Waals surface area contributed by atoms with E-state index in [1.807, 2.05) is 58.9 Å². The Kier molecular flexibility index (Phi) is 5.26. The Balaban J connectivity index is 2.38. The van der Waals surface area contributed by atoms with Crippen LogP contribution in [-0.4, -0.2) is 30.7 Å². The Bertz CT molecular complexity index is 974. The van der Waals surface area contributed by atoms with Gasteiger partial charge in [-0.1, -0.05) is 57.0 Å². The van der Waals surface area contributed by atoms with Gasteiger partial charge in [-0.2, -0.15) is 9.50 Å². The Hall–Kier alpha value is -2.76. The molecule has 142 valence electrons. The molecule has 3 aromatic rings. The monoisotopic (exact) mass is 366 g/mol. The number of aromatic nitrogens is 4. The molecule has 0 aliphatic carbocycles. The molecule has 0 radical (unpaired) electrons. The first kappa shape index (κ1) is 19.0. The largest absolute Gasteiger partial charge is 0.481 e. The molecular weight excluding hydrogens is 340 g/mol. The molecule has 1 unspecified atom stereocenters. The summed E-state index contributed by atoms with van der Waals surface area (Å²) < 4.78 is 1.72. The Labute approximate surface area is 159 Å². The molecule has 1 atom stereocenters. The van der Waals surface area contributed by atoms with Gasteiger partial charge >= 0.3 is 5.97 Å². The molecule has 2 aromatic heterocycles. The van der Waals surface area contributed by atoms with Crippen molar-refractivity contribution >= 4 is 11.7 Å². The molecule has 0 bridgehead atoms. The highest BCUT2D eigenvalue weighted by Gasteiger charge is 2.28. The maximum Gasteiger partial charge on any atom is 0.311 e. The van der Waals surface area contributed by atoms with E-state index in [1.54, 1.807) is 4.52 Å². The van der Waals surface area contributed by atoms with E-state index in [0.717, 1.165) is 28.8 Å². The summed E-state index contributed by atoms with van der Waals surface area (Å²) in [5, 5.41) is 14.6. The Morgan fingerprint density at radius 1 is 1.15 bits per heavy atom. The van der Waals surface area contributed by atoms with E-state index < -0.39 is 11.9 Å². The molecule has 0 spiro atoms. The predicted molar refractivity (Wildman–Crippen MR) is 105 cm³/mol. The van der Waals surface area contributed by atoms with Crippen LogP contribution in [0.1, 0.15) is 68.1 Å². The van der Waals surface area contributed by atoms with Crippen LogP contribution in [-0.2, 0) is 4.79 Å². The van der Waals surface area contributed by atoms with E-state index in [-0.39, 0.29) is 5.92 Å². The van der Waals surface area contributed by atoms with E-state index in [9.17, 15) is 9.90 Å². The van der Waals surface area contributed by atoms with Crippen molar-refractivity contribution in [3.8, 4) is 11.3 Å². The normalized spacial score (nSPS) is 12.7. The number of carbonyl (C=O) groups is 1. The number of nitrogens with zero attached hydrogens (tertiary/aromatic N) is 4. The van der Waals surface area contributed by atoms with Crippen LogP contribution in [0, 0.1) is 13.8 Å². The molecule has 0 fully saturated rings. The van der Waals surface area contributed by atoms with E-state index >= 15 is 0 Å². The Morgan fingerprint density at radius 2 is 1.81 bits per heavy atom. The number of rotatable bonds is 6. The van der Waals surface area contributed by atoms with Gasteiger partial charge in [0.2, 0.25) is 0 Å². The minimum atomic E-state index is -0.835. The SMILES string of the molecule is CCCC(C(=O)O)c1c(C)nc2nc(C(C)C)nn2c1-c1ccc(C)cc1. The number of hydrogen-bond donors (Lipinski definition) is 1. The molecule has 27 heavy (non-hydrogen) atoms. The highest BCUT2D eigenvalue weighted by molar-refractivity contribution is 5.81. The van der Waals surface area contributed by atoms with Gasteiger partial charge in [0.25, 0.3) is 5.78 Å². The molecule has 0 aliphatic rings. The fourth-order valence-electron chi connectivity index (χ4n) is 3.37. The number of aryl methyl sites for hydroxylation is 2. The molecule has 0 saturated carbocycles. The minimum Gasteiger partial charge on any atom is -0.481 e. The number of fused-ring (bicyclic) bond motifs is 1. The minimum absolute atomic E-state index is 0.159. The molecule has 6 heteroatoms. The lowest BCUT2D eigenvalue weighted by molar-refractivity contribution is -0.139. The van der Waals surface area contributed by atoms with Crippen LogP contribution in [0.4, 0.5) is 0 Å². The standard InChI is InChI=1S/C21H26N4O2/c1-6-7-16(20(26)27)17-14(5)22-21-23-19(12(2)3)24-25(21)18(17)15-10-8-13(4)9-11-15/h8-12,16H,6-7H2,1-5H3,(H,26,27). The first-order valence-corrected chi connectivity index (χ1v) is 9.40. The van der Waals surface area contributed by atoms with Crippen LogP contribution in [0.5, 0.6) is 0 Å². The summed E-state index contributed by atoms with van der Waals surface area (Å²) in [7, 11) is 0. The van der Waals surface area contributed by atoms with Crippen molar-refractivity contribution < 1.29 is 9.90 Å². The zero-order valence-corrected chi connectivity index (χ0v) is 16.5. The van der Waals surface area contributed by atoms with Crippen molar-refractivity contribution in [2.45, 2.75) is 59.3 Å². The molecule has 2 heterocycles. The summed E-state index contributed by atoms with van der Waals surface area (Å²) in [5.74, 6) is -0.0910. The summed E-state index contributed by atoms with van der Waals surface area (Å²) in [6, 6.07) is 8.07. The van der Waals surface area contributed by atoms with Gasteiger partial charge < -0.3 is 5.11 Å². The third kappa shape index (κ3) is 3.56. The topological polar surface area (TPSA) is 80.4 Å². The summed E-state index contributed by atoms with van der Waals surface area (Å²) in [6.07, 6.45) is 1.32. The van der Waals surface area contributed by atoms with E-state index in [1.165, 1.54) is 0 Å². The molecule has 1 aromatic carbocycles. The summed E-state index contributed by atoms with van der Waals surface area (Å²) in [4.78, 5) is 21.2. The fraction of sp³-hybridized carbons (Fsp3) is 0.429. The van der Waals surface area contributed by atoms with E-state index in [4.69, 9.17) is 0 Å². The zero-order valence-electron chi connectivity index (χ0n) is 16.5. The first-order valence-electron chi connectivity index (χ1n) is 9.40. The third-order valence-corrected chi connectivity index (χ3v) is 4.80. The fourth-order valence-corrected chi connectivity index (χ4v) is 3.37. The molecule has 0 saturated heterocycles. The van der Waals surface area contributed by atoms with Crippen molar-refractivity contribution in [3.63, 3.8) is 0 Å². The predicted octanol–water partition coefficient (Wildman–Crippen LogP) is 4.50. The van der Waals surface area contributed by atoms with Gasteiger partial charge in [0.05, 0.1) is 11.6 Å². The summed E-state index contributed by atoms with van der Waals surface area (Å²) in [5.41, 5.74) is 4.26. The molecular formula is C21H26N4O2. The second kappa shape index (κ2) is 7.47. The van der Waals surface area contributed by atoms with Gasteiger partial charge in [-0.3, -0.25) is 4.79 Å². The number of hydrogen-bond acceptors (Lipinski definition) is 4. The van der Waals surface area contributed by atoms with Crippen molar-refractivity contribution in [2.24, 2.45) is 0 Å². The summed E-state index contributed by atoms with van der Waals surface area (Å²) in [6.45, 7) is 9.95. The van der Waals surface area contributed by atoms with Crippen molar-refractivity contribution in [1.29, 1.82) is 0 Å². The van der Waals surface area contributed by atoms with Gasteiger partial charge in [-0.05, 0) is 20.3 Å². The molecule has 6 nitrogen and oxygen atoms in total. The molecule has 1 N–H and O–H groups in total. The van der Waals surface area contributed by atoms with Gasteiger partial charge in [0.1, 0.15) is 0 Å². The van der Waals surface area contributed by atoms with E-state index in [2.05, 4.69) is 15.1 Å². The smallest absolute Gasteiger partial charge is 0.311 e. The van der Waals surface area contributed by atoms with Crippen LogP contribution < -0.4 is 0 Å². The van der Waals surface area contributed by atoms with E-state index in [0.29, 0.717) is 23.7 Å². The zero-order chi connectivity index (χ0) is 19.7. The lowest BCUT2D eigenvalue weighted by atomic mass is 9.89. The highest BCUT2D eigenvalue weighted by atomic mass is 16.4. The number of benzene rings is 1. The third-order valence-electron chi connectivity index (χ3n) is 4.80. The number of carboxylic acid groups (broad SMARTS) is 1. The van der Waals surface area contributed by atoms with Crippen molar-refractivity contribution in [2.75, 3.05) is 0 Å². The number of aliphatic carboxylic acids is 1. The van der Waals surface area contributed by atoms with Crippen molar-refractivity contribution in [3.05, 3.63) is 46.9 Å². The van der Waals surface area contributed by atoms with Gasteiger partial charge in [-0.15, -0.1) is 5.10 Å². The van der Waals surface area contributed by atoms with Crippen LogP contribution in [0.15, 0.2) is 24.3 Å². The second-order valence-electron chi connectivity index (χ2n) is 7.34. The summed E-state index contributed by atoms with van der Waals surface area (Å²) >= 11 is 0.